The second-order valence-corrected chi connectivity index (χ2v) is 5.35. The van der Waals surface area contributed by atoms with E-state index in [4.69, 9.17) is 4.42 Å². The van der Waals surface area contributed by atoms with Crippen LogP contribution in [0.5, 0.6) is 0 Å². The third kappa shape index (κ3) is 2.11. The van der Waals surface area contributed by atoms with Crippen molar-refractivity contribution in [3.63, 3.8) is 0 Å². The molecule has 0 aliphatic rings. The smallest absolute Gasteiger partial charge is 0.200 e. The predicted octanol–water partition coefficient (Wildman–Crippen LogP) is 4.18. The zero-order valence-electron chi connectivity index (χ0n) is 12.1. The molecule has 0 spiro atoms. The summed E-state index contributed by atoms with van der Waals surface area (Å²) in [5.41, 5.74) is 3.90. The monoisotopic (exact) mass is 280 g/mol. The first-order valence-corrected chi connectivity index (χ1v) is 6.80. The molecule has 1 N–H and O–H groups in total. The Labute approximate surface area is 122 Å². The van der Waals surface area contributed by atoms with Gasteiger partial charge >= 0.3 is 0 Å². The highest BCUT2D eigenvalue weighted by atomic mass is 16.3. The van der Waals surface area contributed by atoms with Gasteiger partial charge in [-0.2, -0.15) is 0 Å². The Morgan fingerprint density at radius 1 is 1.14 bits per heavy atom. The second-order valence-electron chi connectivity index (χ2n) is 5.35. The highest BCUT2D eigenvalue weighted by Gasteiger charge is 2.13. The number of aliphatic hydroxyl groups excluding tert-OH is 1. The molecule has 1 aromatic heterocycles. The molecule has 0 amide bonds. The molecule has 0 aliphatic heterocycles. The molecule has 106 valence electrons. The molecule has 3 heteroatoms. The summed E-state index contributed by atoms with van der Waals surface area (Å²) in [7, 11) is 0. The molecule has 2 aromatic carbocycles. The quantitative estimate of drug-likeness (QED) is 0.566. The lowest BCUT2D eigenvalue weighted by Gasteiger charge is -2.09. The zero-order chi connectivity index (χ0) is 15.1. The van der Waals surface area contributed by atoms with Crippen molar-refractivity contribution >= 4 is 21.9 Å². The molecule has 1 heterocycles. The van der Waals surface area contributed by atoms with E-state index in [1.807, 2.05) is 26.0 Å². The lowest BCUT2D eigenvalue weighted by molar-refractivity contribution is 0.401. The van der Waals surface area contributed by atoms with Crippen molar-refractivity contribution in [2.45, 2.75) is 20.3 Å². The summed E-state index contributed by atoms with van der Waals surface area (Å²) in [4.78, 5) is 12.6. The summed E-state index contributed by atoms with van der Waals surface area (Å²) in [6.45, 7) is 7.44. The molecular weight excluding hydrogens is 264 g/mol. The number of allylic oxidation sites excluding steroid dienone is 1. The Bertz CT molecular complexity index is 932. The van der Waals surface area contributed by atoms with Gasteiger partial charge in [0.25, 0.3) is 0 Å². The molecule has 0 radical (unpaired) electrons. The number of benzene rings is 2. The van der Waals surface area contributed by atoms with Crippen molar-refractivity contribution < 1.29 is 9.52 Å². The van der Waals surface area contributed by atoms with Gasteiger partial charge in [0.1, 0.15) is 11.2 Å². The van der Waals surface area contributed by atoms with Crippen molar-refractivity contribution in [3.05, 3.63) is 69.6 Å². The number of hydrogen-bond donors (Lipinski definition) is 1. The van der Waals surface area contributed by atoms with Crippen molar-refractivity contribution in [1.29, 1.82) is 0 Å². The van der Waals surface area contributed by atoms with Crippen LogP contribution in [0.2, 0.25) is 0 Å². The van der Waals surface area contributed by atoms with Gasteiger partial charge in [0.2, 0.25) is 5.43 Å². The first kappa shape index (κ1) is 13.4. The third-order valence-corrected chi connectivity index (χ3v) is 3.86. The second kappa shape index (κ2) is 4.77. The molecule has 3 nitrogen and oxygen atoms in total. The van der Waals surface area contributed by atoms with Crippen LogP contribution in [0.4, 0.5) is 0 Å². The first-order valence-electron chi connectivity index (χ1n) is 6.80. The number of aliphatic hydroxyl groups is 1. The fourth-order valence-corrected chi connectivity index (χ4v) is 2.59. The van der Waals surface area contributed by atoms with Crippen LogP contribution in [0.1, 0.15) is 16.7 Å². The Balaban J connectivity index is 2.49. The average Bonchev–Trinajstić information content (AvgIpc) is 2.44. The fraction of sp³-hybridized carbons (Fsp3) is 0.167. The topological polar surface area (TPSA) is 50.4 Å². The van der Waals surface area contributed by atoms with E-state index >= 15 is 0 Å². The van der Waals surface area contributed by atoms with Crippen molar-refractivity contribution in [3.8, 4) is 0 Å². The molecule has 3 rings (SSSR count). The summed E-state index contributed by atoms with van der Waals surface area (Å²) in [6.07, 6.45) is 0.274. The summed E-state index contributed by atoms with van der Waals surface area (Å²) < 4.78 is 6.02. The van der Waals surface area contributed by atoms with Gasteiger partial charge in [0.15, 0.2) is 0 Å². The summed E-state index contributed by atoms with van der Waals surface area (Å²) in [5.74, 6) is 0.0474. The van der Waals surface area contributed by atoms with Crippen LogP contribution in [0.25, 0.3) is 21.9 Å². The SMILES string of the molecule is C=C(O)Cc1cccc2c(=O)c3ccc(C)c(C)c3oc12. The zero-order valence-corrected chi connectivity index (χ0v) is 12.1. The maximum atomic E-state index is 12.6. The van der Waals surface area contributed by atoms with Crippen molar-refractivity contribution in [2.24, 2.45) is 0 Å². The van der Waals surface area contributed by atoms with Crippen LogP contribution in [0.15, 0.2) is 51.9 Å². The van der Waals surface area contributed by atoms with Crippen LogP contribution < -0.4 is 5.43 Å². The number of hydrogen-bond acceptors (Lipinski definition) is 3. The Morgan fingerprint density at radius 2 is 1.86 bits per heavy atom. The van der Waals surface area contributed by atoms with E-state index in [0.29, 0.717) is 21.9 Å². The van der Waals surface area contributed by atoms with E-state index < -0.39 is 0 Å². The van der Waals surface area contributed by atoms with E-state index in [1.165, 1.54) is 0 Å². The molecule has 0 saturated carbocycles. The Hall–Kier alpha value is -2.55. The fourth-order valence-electron chi connectivity index (χ4n) is 2.59. The van der Waals surface area contributed by atoms with Gasteiger partial charge < -0.3 is 9.52 Å². The third-order valence-electron chi connectivity index (χ3n) is 3.86. The number of fused-ring (bicyclic) bond motifs is 2. The van der Waals surface area contributed by atoms with Gasteiger partial charge in [0, 0.05) is 12.0 Å². The van der Waals surface area contributed by atoms with Gasteiger partial charge in [-0.25, -0.2) is 0 Å². The molecule has 0 fully saturated rings. The normalized spacial score (nSPS) is 11.1. The van der Waals surface area contributed by atoms with E-state index in [0.717, 1.165) is 16.7 Å². The molecule has 0 saturated heterocycles. The van der Waals surface area contributed by atoms with Crippen molar-refractivity contribution in [1.82, 2.24) is 0 Å². The molecule has 3 aromatic rings. The Kier molecular flexibility index (Phi) is 3.05. The molecule has 0 bridgehead atoms. The highest BCUT2D eigenvalue weighted by Crippen LogP contribution is 2.26. The first-order chi connectivity index (χ1) is 9.99. The largest absolute Gasteiger partial charge is 0.513 e. The van der Waals surface area contributed by atoms with Crippen LogP contribution in [-0.4, -0.2) is 5.11 Å². The van der Waals surface area contributed by atoms with Gasteiger partial charge in [-0.3, -0.25) is 4.79 Å². The van der Waals surface area contributed by atoms with Crippen LogP contribution in [0.3, 0.4) is 0 Å². The van der Waals surface area contributed by atoms with Crippen molar-refractivity contribution in [2.75, 3.05) is 0 Å². The van der Waals surface area contributed by atoms with E-state index in [9.17, 15) is 9.90 Å². The average molecular weight is 280 g/mol. The molecule has 21 heavy (non-hydrogen) atoms. The number of rotatable bonds is 2. The molecule has 0 aliphatic carbocycles. The van der Waals surface area contributed by atoms with Crippen LogP contribution in [0, 0.1) is 13.8 Å². The maximum Gasteiger partial charge on any atom is 0.200 e. The number of para-hydroxylation sites is 1. The predicted molar refractivity (Wildman–Crippen MR) is 84.9 cm³/mol. The summed E-state index contributed by atoms with van der Waals surface area (Å²) >= 11 is 0. The van der Waals surface area contributed by atoms with Crippen LogP contribution >= 0.6 is 0 Å². The van der Waals surface area contributed by atoms with Gasteiger partial charge in [-0.05, 0) is 37.1 Å². The lowest BCUT2D eigenvalue weighted by atomic mass is 10.0. The molecule has 0 unspecified atom stereocenters. The van der Waals surface area contributed by atoms with Crippen LogP contribution in [-0.2, 0) is 6.42 Å². The highest BCUT2D eigenvalue weighted by molar-refractivity contribution is 5.92. The van der Waals surface area contributed by atoms with Gasteiger partial charge in [-0.15, -0.1) is 0 Å². The Morgan fingerprint density at radius 3 is 2.57 bits per heavy atom. The van der Waals surface area contributed by atoms with E-state index in [-0.39, 0.29) is 17.6 Å². The summed E-state index contributed by atoms with van der Waals surface area (Å²) in [5, 5.41) is 10.6. The summed E-state index contributed by atoms with van der Waals surface area (Å²) in [6, 6.07) is 9.12. The number of aryl methyl sites for hydroxylation is 2. The maximum absolute atomic E-state index is 12.6. The van der Waals surface area contributed by atoms with Gasteiger partial charge in [-0.1, -0.05) is 24.8 Å². The standard InChI is InChI=1S/C18H16O3/c1-10-7-8-15-16(20)14-6-4-5-13(9-11(2)19)18(14)21-17(15)12(10)3/h4-8,19H,2,9H2,1,3H3. The minimum Gasteiger partial charge on any atom is -0.513 e. The molecular formula is C18H16O3. The molecule has 0 atom stereocenters. The lowest BCUT2D eigenvalue weighted by Crippen LogP contribution is -2.05. The van der Waals surface area contributed by atoms with E-state index in [2.05, 4.69) is 6.58 Å². The minimum absolute atomic E-state index is 0.0419. The van der Waals surface area contributed by atoms with E-state index in [1.54, 1.807) is 18.2 Å². The van der Waals surface area contributed by atoms with Gasteiger partial charge in [0.05, 0.1) is 16.5 Å². The minimum atomic E-state index is -0.0419.